The molecule has 0 saturated carbocycles. The topological polar surface area (TPSA) is 79.2 Å². The lowest BCUT2D eigenvalue weighted by molar-refractivity contribution is 0.0697. The lowest BCUT2D eigenvalue weighted by Crippen LogP contribution is -2.28. The van der Waals surface area contributed by atoms with Crippen LogP contribution >= 0.6 is 11.3 Å². The quantitative estimate of drug-likeness (QED) is 0.551. The molecule has 7 heteroatoms. The van der Waals surface area contributed by atoms with E-state index in [1.54, 1.807) is 29.5 Å². The van der Waals surface area contributed by atoms with Crippen molar-refractivity contribution in [3.8, 4) is 11.3 Å². The predicted octanol–water partition coefficient (Wildman–Crippen LogP) is 4.59. The number of hydrogen-bond donors (Lipinski definition) is 1. The van der Waals surface area contributed by atoms with Gasteiger partial charge in [0.15, 0.2) is 5.82 Å². The minimum atomic E-state index is -0.960. The number of carbonyl (C=O) groups is 1. The molecule has 28 heavy (non-hydrogen) atoms. The van der Waals surface area contributed by atoms with Crippen LogP contribution < -0.4 is 4.90 Å². The second-order valence-corrected chi connectivity index (χ2v) is 8.01. The number of carboxylic acids is 1. The highest BCUT2D eigenvalue weighted by atomic mass is 32.1. The van der Waals surface area contributed by atoms with Crippen molar-refractivity contribution < 1.29 is 9.90 Å². The van der Waals surface area contributed by atoms with Gasteiger partial charge in [-0.05, 0) is 50.1 Å². The van der Waals surface area contributed by atoms with Crippen LogP contribution in [-0.4, -0.2) is 38.6 Å². The minimum absolute atomic E-state index is 0.221. The zero-order valence-electron chi connectivity index (χ0n) is 15.3. The highest BCUT2D eigenvalue weighted by Gasteiger charge is 2.26. The van der Waals surface area contributed by atoms with E-state index in [0.29, 0.717) is 17.1 Å². The summed E-state index contributed by atoms with van der Waals surface area (Å²) < 4.78 is 1.14. The number of hydrogen-bond acceptors (Lipinski definition) is 6. The van der Waals surface area contributed by atoms with Crippen molar-refractivity contribution in [3.63, 3.8) is 0 Å². The maximum atomic E-state index is 11.4. The molecule has 2 aromatic heterocycles. The van der Waals surface area contributed by atoms with Gasteiger partial charge in [-0.1, -0.05) is 6.07 Å². The lowest BCUT2D eigenvalue weighted by Gasteiger charge is -2.25. The molecule has 0 radical (unpaired) electrons. The molecule has 0 aliphatic carbocycles. The Labute approximate surface area is 165 Å². The molecule has 2 aromatic carbocycles. The Morgan fingerprint density at radius 1 is 1.14 bits per heavy atom. The van der Waals surface area contributed by atoms with Gasteiger partial charge in [0.25, 0.3) is 0 Å². The monoisotopic (exact) mass is 390 g/mol. The molecule has 0 amide bonds. The molecule has 1 fully saturated rings. The molecule has 140 valence electrons. The molecule has 1 N–H and O–H groups in total. The van der Waals surface area contributed by atoms with E-state index in [4.69, 9.17) is 9.97 Å². The van der Waals surface area contributed by atoms with Crippen molar-refractivity contribution in [3.05, 3.63) is 47.5 Å². The summed E-state index contributed by atoms with van der Waals surface area (Å²) in [7, 11) is 0. The van der Waals surface area contributed by atoms with Crippen molar-refractivity contribution in [2.75, 3.05) is 11.4 Å². The van der Waals surface area contributed by atoms with Crippen LogP contribution in [0.25, 0.3) is 32.5 Å². The van der Waals surface area contributed by atoms with Gasteiger partial charge >= 0.3 is 5.97 Å². The maximum absolute atomic E-state index is 11.4. The summed E-state index contributed by atoms with van der Waals surface area (Å²) in [5, 5.41) is 9.32. The Balaban J connectivity index is 1.75. The number of thiazole rings is 1. The molecule has 3 heterocycles. The van der Waals surface area contributed by atoms with Gasteiger partial charge in [0, 0.05) is 18.2 Å². The van der Waals surface area contributed by atoms with Gasteiger partial charge in [0.1, 0.15) is 5.69 Å². The van der Waals surface area contributed by atoms with Crippen molar-refractivity contribution in [2.24, 2.45) is 0 Å². The number of anilines is 1. The number of rotatable bonds is 3. The van der Waals surface area contributed by atoms with E-state index in [1.807, 2.05) is 5.51 Å². The van der Waals surface area contributed by atoms with Crippen LogP contribution in [0.3, 0.4) is 0 Å². The number of nitrogens with zero attached hydrogens (tertiary/aromatic N) is 4. The molecule has 6 nitrogen and oxygen atoms in total. The Hall–Kier alpha value is -3.06. The Bertz CT molecular complexity index is 1220. The standard InChI is InChI=1S/C21H18N4O2S/c1-12-3-2-8-25(12)20-19(13-5-7-18-17(9-13)22-11-28-18)23-15-6-4-14(21(26)27)10-16(15)24-20/h4-7,9-12H,2-3,8H2,1H3,(H,26,27)/t12-/m0/s1. The molecule has 5 rings (SSSR count). The first kappa shape index (κ1) is 17.1. The van der Waals surface area contributed by atoms with Crippen molar-refractivity contribution in [1.29, 1.82) is 0 Å². The van der Waals surface area contributed by atoms with E-state index in [9.17, 15) is 9.90 Å². The minimum Gasteiger partial charge on any atom is -0.478 e. The van der Waals surface area contributed by atoms with E-state index in [2.05, 4.69) is 35.0 Å². The zero-order chi connectivity index (χ0) is 19.3. The van der Waals surface area contributed by atoms with Crippen LogP contribution in [0.5, 0.6) is 0 Å². The van der Waals surface area contributed by atoms with Crippen LogP contribution in [-0.2, 0) is 0 Å². The fourth-order valence-corrected chi connectivity index (χ4v) is 4.48. The van der Waals surface area contributed by atoms with Gasteiger partial charge in [0.05, 0.1) is 32.3 Å². The Morgan fingerprint density at radius 3 is 2.82 bits per heavy atom. The predicted molar refractivity (Wildman–Crippen MR) is 111 cm³/mol. The van der Waals surface area contributed by atoms with E-state index in [-0.39, 0.29) is 5.56 Å². The van der Waals surface area contributed by atoms with Crippen LogP contribution in [0, 0.1) is 0 Å². The van der Waals surface area contributed by atoms with Crippen LogP contribution in [0.1, 0.15) is 30.1 Å². The fourth-order valence-electron chi connectivity index (χ4n) is 3.83. The first-order valence-electron chi connectivity index (χ1n) is 9.25. The van der Waals surface area contributed by atoms with Crippen LogP contribution in [0.4, 0.5) is 5.82 Å². The summed E-state index contributed by atoms with van der Waals surface area (Å²) in [6.45, 7) is 3.12. The average Bonchev–Trinajstić information content (AvgIpc) is 3.34. The van der Waals surface area contributed by atoms with Gasteiger partial charge in [-0.25, -0.2) is 19.7 Å². The molecule has 0 spiro atoms. The van der Waals surface area contributed by atoms with Crippen molar-refractivity contribution >= 4 is 44.4 Å². The van der Waals surface area contributed by atoms with Crippen LogP contribution in [0.15, 0.2) is 41.9 Å². The van der Waals surface area contributed by atoms with Gasteiger partial charge < -0.3 is 10.0 Å². The molecule has 0 bridgehead atoms. The zero-order valence-corrected chi connectivity index (χ0v) is 16.1. The Kier molecular flexibility index (Phi) is 3.98. The van der Waals surface area contributed by atoms with E-state index >= 15 is 0 Å². The molecule has 1 saturated heterocycles. The second kappa shape index (κ2) is 6.53. The SMILES string of the molecule is C[C@H]1CCCN1c1nc2cc(C(=O)O)ccc2nc1-c1ccc2scnc2c1. The lowest BCUT2D eigenvalue weighted by atomic mass is 10.1. The summed E-state index contributed by atoms with van der Waals surface area (Å²) >= 11 is 1.61. The Morgan fingerprint density at radius 2 is 2.04 bits per heavy atom. The van der Waals surface area contributed by atoms with Gasteiger partial charge in [0.2, 0.25) is 0 Å². The van der Waals surface area contributed by atoms with Gasteiger partial charge in [-0.15, -0.1) is 11.3 Å². The maximum Gasteiger partial charge on any atom is 0.335 e. The van der Waals surface area contributed by atoms with E-state index < -0.39 is 5.97 Å². The highest BCUT2D eigenvalue weighted by Crippen LogP contribution is 2.35. The molecule has 1 atom stereocenters. The average molecular weight is 390 g/mol. The molecular weight excluding hydrogens is 372 g/mol. The molecule has 1 aliphatic rings. The number of aromatic nitrogens is 3. The van der Waals surface area contributed by atoms with E-state index in [1.165, 1.54) is 0 Å². The largest absolute Gasteiger partial charge is 0.478 e. The third-order valence-electron chi connectivity index (χ3n) is 5.32. The number of benzene rings is 2. The first-order valence-corrected chi connectivity index (χ1v) is 10.1. The summed E-state index contributed by atoms with van der Waals surface area (Å²) in [6, 6.07) is 11.5. The third-order valence-corrected chi connectivity index (χ3v) is 6.13. The highest BCUT2D eigenvalue weighted by molar-refractivity contribution is 7.16. The van der Waals surface area contributed by atoms with Gasteiger partial charge in [-0.2, -0.15) is 0 Å². The third kappa shape index (κ3) is 2.79. The van der Waals surface area contributed by atoms with Crippen molar-refractivity contribution in [2.45, 2.75) is 25.8 Å². The van der Waals surface area contributed by atoms with Crippen molar-refractivity contribution in [1.82, 2.24) is 15.0 Å². The number of fused-ring (bicyclic) bond motifs is 2. The van der Waals surface area contributed by atoms with Crippen LogP contribution in [0.2, 0.25) is 0 Å². The molecule has 1 aliphatic heterocycles. The summed E-state index contributed by atoms with van der Waals surface area (Å²) in [4.78, 5) is 27.8. The summed E-state index contributed by atoms with van der Waals surface area (Å²) in [5.41, 5.74) is 6.10. The summed E-state index contributed by atoms with van der Waals surface area (Å²) in [5.74, 6) is -0.146. The molecule has 4 aromatic rings. The van der Waals surface area contributed by atoms with E-state index in [0.717, 1.165) is 46.7 Å². The summed E-state index contributed by atoms with van der Waals surface area (Å²) in [6.07, 6.45) is 2.22. The smallest absolute Gasteiger partial charge is 0.335 e. The molecular formula is C21H18N4O2S. The second-order valence-electron chi connectivity index (χ2n) is 7.12. The fraction of sp³-hybridized carbons (Fsp3) is 0.238. The first-order chi connectivity index (χ1) is 13.6. The molecule has 0 unspecified atom stereocenters. The normalized spacial score (nSPS) is 16.9. The number of aromatic carboxylic acids is 1. The van der Waals surface area contributed by atoms with Gasteiger partial charge in [-0.3, -0.25) is 0 Å². The number of carboxylic acid groups (broad SMARTS) is 1.